The molecule has 0 aromatic heterocycles. The number of halogens is 2. The highest BCUT2D eigenvalue weighted by atomic mass is 31.1. The Hall–Kier alpha value is -3.03. The number of ether oxygens (including phenoxy) is 1. The number of benzene rings is 4. The second kappa shape index (κ2) is 11.1. The van der Waals surface area contributed by atoms with Crippen molar-refractivity contribution in [2.24, 2.45) is 0 Å². The zero-order chi connectivity index (χ0) is 24.8. The lowest BCUT2D eigenvalue weighted by Gasteiger charge is -2.32. The van der Waals surface area contributed by atoms with Crippen molar-refractivity contribution in [1.29, 1.82) is 0 Å². The first-order valence-electron chi connectivity index (χ1n) is 11.9. The van der Waals surface area contributed by atoms with Crippen LogP contribution in [-0.2, 0) is 18.0 Å². The molecule has 4 aromatic rings. The highest BCUT2D eigenvalue weighted by molar-refractivity contribution is 7.48. The number of hydrogen-bond donors (Lipinski definition) is 0. The van der Waals surface area contributed by atoms with Crippen LogP contribution < -0.4 is 10.0 Å². The average Bonchev–Trinajstić information content (AvgIpc) is 2.87. The molecule has 0 spiro atoms. The van der Waals surface area contributed by atoms with Crippen LogP contribution in [0.5, 0.6) is 5.75 Å². The molecule has 1 nitrogen and oxygen atoms in total. The molecule has 0 aliphatic rings. The van der Waals surface area contributed by atoms with Crippen molar-refractivity contribution in [2.75, 3.05) is 7.11 Å². The topological polar surface area (TPSA) is 9.23 Å². The maximum Gasteiger partial charge on any atom is 0.133 e. The van der Waals surface area contributed by atoms with Gasteiger partial charge in [0.05, 0.1) is 7.11 Å². The Morgan fingerprint density at radius 1 is 0.771 bits per heavy atom. The van der Waals surface area contributed by atoms with Crippen LogP contribution in [0.25, 0.3) is 0 Å². The first kappa shape index (κ1) is 25.1. The zero-order valence-electron chi connectivity index (χ0n) is 20.4. The van der Waals surface area contributed by atoms with Gasteiger partial charge in [-0.15, -0.1) is 0 Å². The van der Waals surface area contributed by atoms with Crippen LogP contribution in [0, 0.1) is 11.6 Å². The Balaban J connectivity index is 1.83. The first-order chi connectivity index (χ1) is 16.9. The van der Waals surface area contributed by atoms with Crippen LogP contribution in [0.15, 0.2) is 91.0 Å². The summed E-state index contributed by atoms with van der Waals surface area (Å²) < 4.78 is 34.3. The molecule has 0 saturated carbocycles. The molecule has 0 fully saturated rings. The molecule has 4 heteroatoms. The summed E-state index contributed by atoms with van der Waals surface area (Å²) in [6.45, 7) is 4.28. The summed E-state index contributed by atoms with van der Waals surface area (Å²) in [5.74, 6) is -0.196. The van der Waals surface area contributed by atoms with Gasteiger partial charge in [-0.2, -0.15) is 0 Å². The van der Waals surface area contributed by atoms with E-state index in [4.69, 9.17) is 4.74 Å². The quantitative estimate of drug-likeness (QED) is 0.219. The summed E-state index contributed by atoms with van der Waals surface area (Å²) in [6.07, 6.45) is 2.33. The van der Waals surface area contributed by atoms with E-state index < -0.39 is 11.6 Å². The molecule has 35 heavy (non-hydrogen) atoms. The second-order valence-electron chi connectivity index (χ2n) is 9.10. The highest BCUT2D eigenvalue weighted by Gasteiger charge is 2.31. The van der Waals surface area contributed by atoms with Crippen molar-refractivity contribution in [3.63, 3.8) is 0 Å². The molecular weight excluding hydrogens is 457 g/mol. The molecule has 0 bridgehead atoms. The molecule has 0 N–H and O–H groups in total. The van der Waals surface area contributed by atoms with Crippen LogP contribution in [0.1, 0.15) is 48.1 Å². The van der Waals surface area contributed by atoms with E-state index in [0.29, 0.717) is 5.30 Å². The lowest BCUT2D eigenvalue weighted by molar-refractivity contribution is 0.398. The van der Waals surface area contributed by atoms with Gasteiger partial charge in [0.25, 0.3) is 0 Å². The maximum absolute atomic E-state index is 14.7. The van der Waals surface area contributed by atoms with Gasteiger partial charge in [0.1, 0.15) is 17.4 Å². The van der Waals surface area contributed by atoms with Gasteiger partial charge in [0.2, 0.25) is 0 Å². The van der Waals surface area contributed by atoms with Gasteiger partial charge in [-0.25, -0.2) is 8.78 Å². The molecule has 0 amide bonds. The average molecular weight is 489 g/mol. The highest BCUT2D eigenvalue weighted by Crippen LogP contribution is 2.49. The summed E-state index contributed by atoms with van der Waals surface area (Å²) >= 11 is 0. The fraction of sp³-hybridized carbons (Fsp3) is 0.226. The van der Waals surface area contributed by atoms with E-state index in [-0.39, 0.29) is 13.7 Å². The SMILES string of the molecule is CCC(C)(Pc1ccc(F)cc1F)c1cc(Cc2ccccc2)cc(Cc2ccccc2)c1OC. The predicted molar refractivity (Wildman–Crippen MR) is 143 cm³/mol. The number of hydrogen-bond acceptors (Lipinski definition) is 1. The third kappa shape index (κ3) is 5.97. The summed E-state index contributed by atoms with van der Waals surface area (Å²) in [6, 6.07) is 29.1. The van der Waals surface area contributed by atoms with E-state index in [1.807, 2.05) is 24.3 Å². The molecule has 0 aliphatic carbocycles. The van der Waals surface area contributed by atoms with Crippen molar-refractivity contribution in [3.05, 3.63) is 130 Å². The lowest BCUT2D eigenvalue weighted by atomic mass is 9.88. The van der Waals surface area contributed by atoms with Crippen LogP contribution in [0.4, 0.5) is 8.78 Å². The molecule has 0 saturated heterocycles. The van der Waals surface area contributed by atoms with Crippen molar-refractivity contribution < 1.29 is 13.5 Å². The Morgan fingerprint density at radius 3 is 1.97 bits per heavy atom. The molecule has 0 heterocycles. The Labute approximate surface area is 209 Å². The molecule has 0 aliphatic heterocycles. The standard InChI is InChI=1S/C31H31F2OP/c1-4-31(2,35-29-16-15-26(32)21-28(29)33)27-20-24(17-22-11-7-5-8-12-22)19-25(30(27)34-3)18-23-13-9-6-10-14-23/h5-16,19-21,35H,4,17-18H2,1-3H3. The van der Waals surface area contributed by atoms with E-state index in [2.05, 4.69) is 62.4 Å². The Kier molecular flexibility index (Phi) is 7.98. The normalized spacial score (nSPS) is 13.2. The summed E-state index contributed by atoms with van der Waals surface area (Å²) in [7, 11) is 1.84. The van der Waals surface area contributed by atoms with E-state index in [1.165, 1.54) is 22.8 Å². The Morgan fingerprint density at radius 2 is 1.40 bits per heavy atom. The van der Waals surface area contributed by atoms with Gasteiger partial charge in [-0.3, -0.25) is 0 Å². The minimum atomic E-state index is -0.554. The maximum atomic E-state index is 14.7. The molecule has 2 unspecified atom stereocenters. The van der Waals surface area contributed by atoms with Gasteiger partial charge in [0.15, 0.2) is 0 Å². The van der Waals surface area contributed by atoms with Crippen LogP contribution >= 0.6 is 8.58 Å². The number of methoxy groups -OCH3 is 1. The van der Waals surface area contributed by atoms with Crippen LogP contribution in [0.3, 0.4) is 0 Å². The van der Waals surface area contributed by atoms with E-state index in [0.717, 1.165) is 42.2 Å². The first-order valence-corrected chi connectivity index (χ1v) is 12.9. The molecule has 2 atom stereocenters. The minimum absolute atomic E-state index is 0.127. The van der Waals surface area contributed by atoms with Crippen molar-refractivity contribution in [2.45, 2.75) is 38.3 Å². The zero-order valence-corrected chi connectivity index (χ0v) is 21.4. The molecule has 0 radical (unpaired) electrons. The van der Waals surface area contributed by atoms with Gasteiger partial charge in [-0.1, -0.05) is 95.2 Å². The van der Waals surface area contributed by atoms with Gasteiger partial charge >= 0.3 is 0 Å². The summed E-state index contributed by atoms with van der Waals surface area (Å²) in [4.78, 5) is 0. The van der Waals surface area contributed by atoms with Crippen molar-refractivity contribution >= 4 is 13.9 Å². The second-order valence-corrected chi connectivity index (χ2v) is 11.0. The van der Waals surface area contributed by atoms with Gasteiger partial charge in [0, 0.05) is 28.5 Å². The Bertz CT molecular complexity index is 1270. The largest absolute Gasteiger partial charge is 0.496 e. The summed E-state index contributed by atoms with van der Waals surface area (Å²) in [5.41, 5.74) is 5.83. The lowest BCUT2D eigenvalue weighted by Crippen LogP contribution is -2.22. The summed E-state index contributed by atoms with van der Waals surface area (Å²) in [5, 5.41) is 0.165. The molecule has 180 valence electrons. The van der Waals surface area contributed by atoms with E-state index >= 15 is 0 Å². The monoisotopic (exact) mass is 488 g/mol. The smallest absolute Gasteiger partial charge is 0.133 e. The minimum Gasteiger partial charge on any atom is -0.496 e. The van der Waals surface area contributed by atoms with Gasteiger partial charge in [-0.05, 0) is 47.2 Å². The fourth-order valence-corrected chi connectivity index (χ4v) is 5.97. The van der Waals surface area contributed by atoms with E-state index in [1.54, 1.807) is 13.2 Å². The van der Waals surface area contributed by atoms with Crippen molar-refractivity contribution in [3.8, 4) is 5.75 Å². The molecule has 4 rings (SSSR count). The molecular formula is C31H31F2OP. The fourth-order valence-electron chi connectivity index (χ4n) is 4.52. The predicted octanol–water partition coefficient (Wildman–Crippen LogP) is 7.78. The molecule has 4 aromatic carbocycles. The van der Waals surface area contributed by atoms with Crippen LogP contribution in [0.2, 0.25) is 0 Å². The van der Waals surface area contributed by atoms with E-state index in [9.17, 15) is 8.78 Å². The van der Waals surface area contributed by atoms with Crippen LogP contribution in [-0.4, -0.2) is 7.11 Å². The van der Waals surface area contributed by atoms with Crippen molar-refractivity contribution in [1.82, 2.24) is 0 Å². The third-order valence-electron chi connectivity index (χ3n) is 6.56. The van der Waals surface area contributed by atoms with Gasteiger partial charge < -0.3 is 4.74 Å². The third-order valence-corrected chi connectivity index (χ3v) is 8.41. The number of rotatable bonds is 9.